The average Bonchev–Trinajstić information content (AvgIpc) is 3.21. The number of aromatic nitrogens is 1. The van der Waals surface area contributed by atoms with E-state index in [0.717, 1.165) is 23.1 Å². The Morgan fingerprint density at radius 1 is 1.12 bits per heavy atom. The van der Waals surface area contributed by atoms with Crippen LogP contribution in [0.25, 0.3) is 22.0 Å². The molecule has 2 aromatic carbocycles. The molecule has 1 fully saturated rings. The van der Waals surface area contributed by atoms with E-state index in [-0.39, 0.29) is 0 Å². The molecule has 1 N–H and O–H groups in total. The summed E-state index contributed by atoms with van der Waals surface area (Å²) in [5.74, 6) is 0. The van der Waals surface area contributed by atoms with Gasteiger partial charge in [-0.1, -0.05) is 18.2 Å². The number of sulfone groups is 1. The number of fused-ring (bicyclic) bond motifs is 1. The molecular formula is C21H24N2O2S. The first-order valence-corrected chi connectivity index (χ1v) is 10.9. The number of nitrogens with one attached hydrogen (secondary N) is 1. The van der Waals surface area contributed by atoms with Crippen LogP contribution in [0.15, 0.2) is 53.6 Å². The first-order valence-electron chi connectivity index (χ1n) is 9.02. The summed E-state index contributed by atoms with van der Waals surface area (Å²) >= 11 is 0. The van der Waals surface area contributed by atoms with Crippen molar-refractivity contribution in [3.05, 3.63) is 54.2 Å². The van der Waals surface area contributed by atoms with Crippen LogP contribution in [0.1, 0.15) is 18.4 Å². The van der Waals surface area contributed by atoms with Crippen LogP contribution in [-0.2, 0) is 16.3 Å². The van der Waals surface area contributed by atoms with Crippen LogP contribution in [0, 0.1) is 0 Å². The minimum absolute atomic E-state index is 0.355. The third-order valence-corrected chi connectivity index (χ3v) is 6.64. The van der Waals surface area contributed by atoms with Crippen molar-refractivity contribution in [2.45, 2.75) is 30.2 Å². The van der Waals surface area contributed by atoms with E-state index in [1.54, 1.807) is 12.1 Å². The van der Waals surface area contributed by atoms with E-state index in [0.29, 0.717) is 10.9 Å². The highest BCUT2D eigenvalue weighted by atomic mass is 32.2. The minimum Gasteiger partial charge on any atom is -0.361 e. The van der Waals surface area contributed by atoms with Gasteiger partial charge in [0, 0.05) is 29.4 Å². The van der Waals surface area contributed by atoms with Crippen LogP contribution in [0.4, 0.5) is 0 Å². The summed E-state index contributed by atoms with van der Waals surface area (Å²) in [6.45, 7) is 1.19. The summed E-state index contributed by atoms with van der Waals surface area (Å²) in [5.41, 5.74) is 4.65. The number of benzene rings is 2. The zero-order chi connectivity index (χ0) is 18.3. The Bertz CT molecular complexity index is 1040. The molecule has 4 nitrogen and oxygen atoms in total. The number of rotatable bonds is 4. The van der Waals surface area contributed by atoms with Gasteiger partial charge in [-0.2, -0.15) is 0 Å². The molecule has 0 saturated carbocycles. The van der Waals surface area contributed by atoms with Gasteiger partial charge in [-0.3, -0.25) is 0 Å². The van der Waals surface area contributed by atoms with Crippen molar-refractivity contribution >= 4 is 20.7 Å². The van der Waals surface area contributed by atoms with Crippen molar-refractivity contribution in [2.24, 2.45) is 0 Å². The maximum absolute atomic E-state index is 11.6. The number of H-pyrrole nitrogens is 1. The summed E-state index contributed by atoms with van der Waals surface area (Å²) < 4.78 is 23.3. The number of aromatic amines is 1. The normalized spacial score (nSPS) is 18.6. The van der Waals surface area contributed by atoms with Gasteiger partial charge in [0.2, 0.25) is 0 Å². The average molecular weight is 369 g/mol. The van der Waals surface area contributed by atoms with Crippen LogP contribution in [0.3, 0.4) is 0 Å². The number of nitrogens with zero attached hydrogens (tertiary/aromatic N) is 1. The summed E-state index contributed by atoms with van der Waals surface area (Å²) in [6, 6.07) is 14.2. The minimum atomic E-state index is -3.16. The summed E-state index contributed by atoms with van der Waals surface area (Å²) in [7, 11) is -0.953. The molecule has 3 aromatic rings. The number of likely N-dealkylation sites (N-methyl/N-ethyl adjacent to an activating group) is 1. The van der Waals surface area contributed by atoms with Crippen LogP contribution in [0.2, 0.25) is 0 Å². The molecule has 0 aliphatic carbocycles. The lowest BCUT2D eigenvalue weighted by molar-refractivity contribution is 0.310. The molecule has 136 valence electrons. The Hall–Kier alpha value is -2.11. The molecule has 0 bridgehead atoms. The van der Waals surface area contributed by atoms with E-state index < -0.39 is 9.84 Å². The molecule has 26 heavy (non-hydrogen) atoms. The van der Waals surface area contributed by atoms with Crippen molar-refractivity contribution in [2.75, 3.05) is 19.8 Å². The van der Waals surface area contributed by atoms with E-state index in [9.17, 15) is 8.42 Å². The molecule has 0 unspecified atom stereocenters. The van der Waals surface area contributed by atoms with Gasteiger partial charge in [0.1, 0.15) is 0 Å². The lowest BCUT2D eigenvalue weighted by Crippen LogP contribution is -2.26. The Kier molecular flexibility index (Phi) is 4.37. The monoisotopic (exact) mass is 368 g/mol. The predicted molar refractivity (Wildman–Crippen MR) is 106 cm³/mol. The second-order valence-electron chi connectivity index (χ2n) is 7.35. The van der Waals surface area contributed by atoms with E-state index in [2.05, 4.69) is 41.3 Å². The molecule has 0 amide bonds. The van der Waals surface area contributed by atoms with Gasteiger partial charge in [0.15, 0.2) is 9.84 Å². The second-order valence-corrected chi connectivity index (χ2v) is 9.37. The fraction of sp³-hybridized carbons (Fsp3) is 0.333. The van der Waals surface area contributed by atoms with Crippen LogP contribution >= 0.6 is 0 Å². The largest absolute Gasteiger partial charge is 0.361 e. The van der Waals surface area contributed by atoms with Crippen LogP contribution < -0.4 is 0 Å². The third kappa shape index (κ3) is 3.29. The molecular weight excluding hydrogens is 344 g/mol. The smallest absolute Gasteiger partial charge is 0.175 e. The molecule has 1 saturated heterocycles. The third-order valence-electron chi connectivity index (χ3n) is 5.51. The zero-order valence-electron chi connectivity index (χ0n) is 15.2. The topological polar surface area (TPSA) is 53.2 Å². The van der Waals surface area contributed by atoms with Crippen molar-refractivity contribution in [1.82, 2.24) is 9.88 Å². The lowest BCUT2D eigenvalue weighted by atomic mass is 9.99. The van der Waals surface area contributed by atoms with E-state index in [4.69, 9.17) is 0 Å². The van der Waals surface area contributed by atoms with Gasteiger partial charge < -0.3 is 9.88 Å². The Morgan fingerprint density at radius 2 is 1.85 bits per heavy atom. The highest BCUT2D eigenvalue weighted by Crippen LogP contribution is 2.29. The van der Waals surface area contributed by atoms with Gasteiger partial charge in [-0.25, -0.2) is 8.42 Å². The molecule has 1 aliphatic heterocycles. The predicted octanol–water partition coefficient (Wildman–Crippen LogP) is 3.88. The quantitative estimate of drug-likeness (QED) is 0.760. The molecule has 1 aliphatic rings. The van der Waals surface area contributed by atoms with Crippen LogP contribution in [-0.4, -0.2) is 44.2 Å². The highest BCUT2D eigenvalue weighted by Gasteiger charge is 2.22. The lowest BCUT2D eigenvalue weighted by Gasteiger charge is -2.18. The zero-order valence-corrected chi connectivity index (χ0v) is 16.0. The summed E-state index contributed by atoms with van der Waals surface area (Å²) in [5, 5.41) is 1.26. The van der Waals surface area contributed by atoms with Gasteiger partial charge in [0.05, 0.1) is 4.90 Å². The van der Waals surface area contributed by atoms with Crippen molar-refractivity contribution in [3.8, 4) is 11.1 Å². The van der Waals surface area contributed by atoms with Crippen molar-refractivity contribution in [3.63, 3.8) is 0 Å². The molecule has 0 radical (unpaired) electrons. The molecule has 5 heteroatoms. The van der Waals surface area contributed by atoms with Gasteiger partial charge in [-0.05, 0) is 73.8 Å². The van der Waals surface area contributed by atoms with Gasteiger partial charge in [0.25, 0.3) is 0 Å². The van der Waals surface area contributed by atoms with E-state index in [1.165, 1.54) is 36.6 Å². The molecule has 1 aromatic heterocycles. The van der Waals surface area contributed by atoms with E-state index in [1.807, 2.05) is 12.1 Å². The molecule has 4 rings (SSSR count). The second kappa shape index (κ2) is 6.56. The van der Waals surface area contributed by atoms with Crippen LogP contribution in [0.5, 0.6) is 0 Å². The summed E-state index contributed by atoms with van der Waals surface area (Å²) in [4.78, 5) is 6.19. The molecule has 1 atom stereocenters. The first kappa shape index (κ1) is 17.3. The van der Waals surface area contributed by atoms with Crippen molar-refractivity contribution in [1.29, 1.82) is 0 Å². The SMILES string of the molecule is CN1CCC[C@@H]1Cc1c[nH]c2ccc(-c3ccc(S(C)(=O)=O)cc3)cc12. The first-order chi connectivity index (χ1) is 12.4. The summed E-state index contributed by atoms with van der Waals surface area (Å²) in [6.07, 6.45) is 6.97. The number of hydrogen-bond donors (Lipinski definition) is 1. The highest BCUT2D eigenvalue weighted by molar-refractivity contribution is 7.90. The number of hydrogen-bond acceptors (Lipinski definition) is 3. The van der Waals surface area contributed by atoms with Gasteiger partial charge in [-0.15, -0.1) is 0 Å². The van der Waals surface area contributed by atoms with Crippen molar-refractivity contribution < 1.29 is 8.42 Å². The fourth-order valence-corrected chi connectivity index (χ4v) is 4.54. The maximum Gasteiger partial charge on any atom is 0.175 e. The number of likely N-dealkylation sites (tertiary alicyclic amines) is 1. The van der Waals surface area contributed by atoms with E-state index >= 15 is 0 Å². The Balaban J connectivity index is 1.67. The molecule has 2 heterocycles. The Morgan fingerprint density at radius 3 is 2.50 bits per heavy atom. The molecule has 0 spiro atoms. The van der Waals surface area contributed by atoms with Gasteiger partial charge >= 0.3 is 0 Å². The maximum atomic E-state index is 11.6. The fourth-order valence-electron chi connectivity index (χ4n) is 3.91. The Labute approximate surface area is 154 Å². The standard InChI is InChI=1S/C21H24N2O2S/c1-23-11-3-4-18(23)12-17-14-22-21-10-7-16(13-20(17)21)15-5-8-19(9-6-15)26(2,24)25/h5-10,13-14,18,22H,3-4,11-12H2,1-2H3/t18-/m1/s1.